The van der Waals surface area contributed by atoms with E-state index in [0.717, 1.165) is 18.1 Å². The number of hydrogen-bond donors (Lipinski definition) is 0. The van der Waals surface area contributed by atoms with Gasteiger partial charge < -0.3 is 14.4 Å². The van der Waals surface area contributed by atoms with Crippen LogP contribution in [0.5, 0.6) is 5.75 Å². The topological polar surface area (TPSA) is 68.7 Å². The third-order valence-electron chi connectivity index (χ3n) is 3.64. The standard InChI is InChI=1S/C16H16N2O4S/c1-21-14(19)11-7-8-18(10-11)16-17-9-13(23-16)15(20)22-12-5-3-2-4-6-12/h2-6,9,11H,7-8,10H2,1H3. The van der Waals surface area contributed by atoms with Gasteiger partial charge in [-0.25, -0.2) is 9.78 Å². The number of nitrogens with zero attached hydrogens (tertiary/aromatic N) is 2. The van der Waals surface area contributed by atoms with Crippen LogP contribution >= 0.6 is 11.3 Å². The van der Waals surface area contributed by atoms with Crippen molar-refractivity contribution in [1.82, 2.24) is 4.98 Å². The molecule has 0 aliphatic carbocycles. The van der Waals surface area contributed by atoms with E-state index in [4.69, 9.17) is 9.47 Å². The smallest absolute Gasteiger partial charge is 0.355 e. The van der Waals surface area contributed by atoms with E-state index in [1.807, 2.05) is 11.0 Å². The summed E-state index contributed by atoms with van der Waals surface area (Å²) >= 11 is 1.27. The van der Waals surface area contributed by atoms with Gasteiger partial charge >= 0.3 is 11.9 Å². The van der Waals surface area contributed by atoms with Crippen molar-refractivity contribution in [2.24, 2.45) is 5.92 Å². The molecule has 1 saturated heterocycles. The second-order valence-corrected chi connectivity index (χ2v) is 6.17. The van der Waals surface area contributed by atoms with E-state index in [-0.39, 0.29) is 11.9 Å². The van der Waals surface area contributed by atoms with E-state index >= 15 is 0 Å². The van der Waals surface area contributed by atoms with Crippen LogP contribution in [0.4, 0.5) is 5.13 Å². The first kappa shape index (κ1) is 15.5. The highest BCUT2D eigenvalue weighted by Gasteiger charge is 2.30. The summed E-state index contributed by atoms with van der Waals surface area (Å²) in [7, 11) is 1.39. The minimum atomic E-state index is -0.427. The van der Waals surface area contributed by atoms with Crippen LogP contribution in [0.25, 0.3) is 0 Å². The Bertz CT molecular complexity index is 701. The van der Waals surface area contributed by atoms with Crippen LogP contribution in [0.3, 0.4) is 0 Å². The Balaban J connectivity index is 1.64. The molecule has 120 valence electrons. The van der Waals surface area contributed by atoms with E-state index in [1.54, 1.807) is 24.3 Å². The average Bonchev–Trinajstić information content (AvgIpc) is 3.24. The number of thiazole rings is 1. The van der Waals surface area contributed by atoms with Gasteiger partial charge in [-0.15, -0.1) is 0 Å². The van der Waals surface area contributed by atoms with Gasteiger partial charge in [0.1, 0.15) is 10.6 Å². The molecular weight excluding hydrogens is 316 g/mol. The van der Waals surface area contributed by atoms with Gasteiger partial charge in [-0.2, -0.15) is 0 Å². The normalized spacial score (nSPS) is 17.1. The van der Waals surface area contributed by atoms with E-state index in [2.05, 4.69) is 4.98 Å². The Kier molecular flexibility index (Phi) is 4.57. The minimum absolute atomic E-state index is 0.136. The molecule has 0 saturated carbocycles. The van der Waals surface area contributed by atoms with Crippen molar-refractivity contribution in [3.05, 3.63) is 41.4 Å². The van der Waals surface area contributed by atoms with Crippen molar-refractivity contribution >= 4 is 28.4 Å². The number of ether oxygens (including phenoxy) is 2. The predicted molar refractivity (Wildman–Crippen MR) is 85.9 cm³/mol. The molecule has 1 aliphatic rings. The molecule has 1 aliphatic heterocycles. The fraction of sp³-hybridized carbons (Fsp3) is 0.312. The zero-order chi connectivity index (χ0) is 16.2. The maximum absolute atomic E-state index is 12.1. The Hall–Kier alpha value is -2.41. The number of benzene rings is 1. The molecule has 1 fully saturated rings. The highest BCUT2D eigenvalue weighted by atomic mass is 32.1. The van der Waals surface area contributed by atoms with E-state index in [1.165, 1.54) is 24.6 Å². The lowest BCUT2D eigenvalue weighted by Gasteiger charge is -2.13. The van der Waals surface area contributed by atoms with Crippen LogP contribution in [0, 0.1) is 5.92 Å². The van der Waals surface area contributed by atoms with Crippen molar-refractivity contribution < 1.29 is 19.1 Å². The molecule has 0 amide bonds. The second kappa shape index (κ2) is 6.78. The third kappa shape index (κ3) is 3.50. The first-order valence-corrected chi connectivity index (χ1v) is 8.05. The highest BCUT2D eigenvalue weighted by molar-refractivity contribution is 7.17. The first-order valence-electron chi connectivity index (χ1n) is 7.23. The van der Waals surface area contributed by atoms with Crippen LogP contribution in [-0.2, 0) is 9.53 Å². The fourth-order valence-electron chi connectivity index (χ4n) is 2.44. The third-order valence-corrected chi connectivity index (χ3v) is 4.68. The van der Waals surface area contributed by atoms with E-state index in [9.17, 15) is 9.59 Å². The zero-order valence-electron chi connectivity index (χ0n) is 12.6. The highest BCUT2D eigenvalue weighted by Crippen LogP contribution is 2.29. The molecule has 0 bridgehead atoms. The van der Waals surface area contributed by atoms with E-state index < -0.39 is 5.97 Å². The number of esters is 2. The number of hydrogen-bond acceptors (Lipinski definition) is 7. The summed E-state index contributed by atoms with van der Waals surface area (Å²) in [4.78, 5) is 30.4. The number of aromatic nitrogens is 1. The summed E-state index contributed by atoms with van der Waals surface area (Å²) < 4.78 is 10.1. The van der Waals surface area contributed by atoms with Crippen molar-refractivity contribution in [3.8, 4) is 5.75 Å². The number of rotatable bonds is 4. The van der Waals surface area contributed by atoms with Crippen LogP contribution in [0.15, 0.2) is 36.5 Å². The fourth-order valence-corrected chi connectivity index (χ4v) is 3.27. The summed E-state index contributed by atoms with van der Waals surface area (Å²) in [5, 5.41) is 0.719. The maximum Gasteiger partial charge on any atom is 0.355 e. The van der Waals surface area contributed by atoms with Gasteiger partial charge in [-0.3, -0.25) is 4.79 Å². The number of anilines is 1. The lowest BCUT2D eigenvalue weighted by atomic mass is 10.1. The monoisotopic (exact) mass is 332 g/mol. The molecule has 1 atom stereocenters. The van der Waals surface area contributed by atoms with Crippen molar-refractivity contribution in [2.75, 3.05) is 25.1 Å². The van der Waals surface area contributed by atoms with Crippen molar-refractivity contribution in [2.45, 2.75) is 6.42 Å². The van der Waals surface area contributed by atoms with Crippen LogP contribution in [0.2, 0.25) is 0 Å². The summed E-state index contributed by atoms with van der Waals surface area (Å²) in [6, 6.07) is 8.91. The molecule has 1 unspecified atom stereocenters. The van der Waals surface area contributed by atoms with Gasteiger partial charge in [0, 0.05) is 13.1 Å². The molecule has 0 spiro atoms. The van der Waals surface area contributed by atoms with Crippen molar-refractivity contribution in [3.63, 3.8) is 0 Å². The summed E-state index contributed by atoms with van der Waals surface area (Å²) in [5.41, 5.74) is 0. The van der Waals surface area contributed by atoms with Crippen LogP contribution in [0.1, 0.15) is 16.1 Å². The van der Waals surface area contributed by atoms with Crippen LogP contribution in [-0.4, -0.2) is 37.1 Å². The lowest BCUT2D eigenvalue weighted by Crippen LogP contribution is -2.23. The van der Waals surface area contributed by atoms with Crippen molar-refractivity contribution in [1.29, 1.82) is 0 Å². The maximum atomic E-state index is 12.1. The average molecular weight is 332 g/mol. The molecule has 1 aromatic heterocycles. The largest absolute Gasteiger partial charge is 0.469 e. The van der Waals surface area contributed by atoms with E-state index in [0.29, 0.717) is 17.2 Å². The van der Waals surface area contributed by atoms with Gasteiger partial charge in [0.2, 0.25) is 0 Å². The molecule has 2 heterocycles. The molecule has 6 nitrogen and oxygen atoms in total. The Morgan fingerprint density at radius 3 is 2.83 bits per heavy atom. The van der Waals surface area contributed by atoms with Gasteiger partial charge in [-0.1, -0.05) is 29.5 Å². The molecule has 1 aromatic carbocycles. The SMILES string of the molecule is COC(=O)C1CCN(c2ncc(C(=O)Oc3ccccc3)s2)C1. The number of carbonyl (C=O) groups is 2. The number of carbonyl (C=O) groups excluding carboxylic acids is 2. The lowest BCUT2D eigenvalue weighted by molar-refractivity contribution is -0.144. The van der Waals surface area contributed by atoms with Gasteiger partial charge in [-0.05, 0) is 18.6 Å². The molecule has 3 rings (SSSR count). The molecule has 0 radical (unpaired) electrons. The molecule has 23 heavy (non-hydrogen) atoms. The molecular formula is C16H16N2O4S. The van der Waals surface area contributed by atoms with Gasteiger partial charge in [0.05, 0.1) is 19.2 Å². The second-order valence-electron chi connectivity index (χ2n) is 5.16. The Labute approximate surface area is 137 Å². The first-order chi connectivity index (χ1) is 11.2. The predicted octanol–water partition coefficient (Wildman–Crippen LogP) is 2.36. The Morgan fingerprint density at radius 2 is 2.09 bits per heavy atom. The summed E-state index contributed by atoms with van der Waals surface area (Å²) in [6.45, 7) is 1.29. The summed E-state index contributed by atoms with van der Waals surface area (Å²) in [5.74, 6) is -0.264. The zero-order valence-corrected chi connectivity index (χ0v) is 13.4. The molecule has 2 aromatic rings. The van der Waals surface area contributed by atoms with Gasteiger partial charge in [0.15, 0.2) is 5.13 Å². The molecule has 7 heteroatoms. The Morgan fingerprint density at radius 1 is 1.30 bits per heavy atom. The van der Waals surface area contributed by atoms with Gasteiger partial charge in [0.25, 0.3) is 0 Å². The quantitative estimate of drug-likeness (QED) is 0.632. The van der Waals surface area contributed by atoms with Crippen LogP contribution < -0.4 is 9.64 Å². The summed E-state index contributed by atoms with van der Waals surface area (Å²) in [6.07, 6.45) is 2.24. The number of methoxy groups -OCH3 is 1. The molecule has 0 N–H and O–H groups in total. The minimum Gasteiger partial charge on any atom is -0.469 e. The number of para-hydroxylation sites is 1.